The van der Waals surface area contributed by atoms with E-state index >= 15 is 0 Å². The topological polar surface area (TPSA) is 111 Å². The van der Waals surface area contributed by atoms with Gasteiger partial charge in [-0.15, -0.1) is 0 Å². The van der Waals surface area contributed by atoms with E-state index in [0.29, 0.717) is 0 Å². The first kappa shape index (κ1) is 12.8. The molecule has 1 saturated heterocycles. The van der Waals surface area contributed by atoms with Crippen molar-refractivity contribution in [2.24, 2.45) is 11.5 Å². The minimum absolute atomic E-state index is 0.0677. The number of aliphatic hydroxyl groups excluding tert-OH is 2. The third kappa shape index (κ3) is 2.87. The highest BCUT2D eigenvalue weighted by atomic mass is 16.7. The van der Waals surface area contributed by atoms with Crippen molar-refractivity contribution in [3.8, 4) is 0 Å². The number of hydrogen-bond donors (Lipinski definition) is 4. The van der Waals surface area contributed by atoms with Gasteiger partial charge in [-0.2, -0.15) is 0 Å². The molecule has 0 aromatic carbocycles. The molecule has 1 rings (SSSR count). The van der Waals surface area contributed by atoms with Crippen molar-refractivity contribution >= 4 is 0 Å². The van der Waals surface area contributed by atoms with Gasteiger partial charge in [0.05, 0.1) is 12.1 Å². The predicted molar refractivity (Wildman–Crippen MR) is 53.9 cm³/mol. The molecule has 0 spiro atoms. The fourth-order valence-corrected chi connectivity index (χ4v) is 1.54. The molecule has 6 nitrogen and oxygen atoms in total. The maximum Gasteiger partial charge on any atom is 0.176 e. The highest BCUT2D eigenvalue weighted by Gasteiger charge is 2.42. The van der Waals surface area contributed by atoms with Gasteiger partial charge in [0, 0.05) is 6.54 Å². The molecule has 15 heavy (non-hydrogen) atoms. The minimum Gasteiger partial charge on any atom is -0.388 e. The zero-order valence-electron chi connectivity index (χ0n) is 9.04. The monoisotopic (exact) mass is 220 g/mol. The number of rotatable bonds is 3. The summed E-state index contributed by atoms with van der Waals surface area (Å²) in [5, 5.41) is 19.2. The number of aliphatic hydroxyl groups is 2. The molecule has 0 radical (unpaired) electrons. The van der Waals surface area contributed by atoms with Gasteiger partial charge in [0.25, 0.3) is 0 Å². The Labute approximate surface area is 89.1 Å². The summed E-state index contributed by atoms with van der Waals surface area (Å²) in [6, 6.07) is -0.759. The predicted octanol–water partition coefficient (Wildman–Crippen LogP) is -1.86. The van der Waals surface area contributed by atoms with Crippen molar-refractivity contribution in [2.75, 3.05) is 6.54 Å². The smallest absolute Gasteiger partial charge is 0.176 e. The second-order valence-corrected chi connectivity index (χ2v) is 4.02. The molecule has 1 aliphatic rings. The van der Waals surface area contributed by atoms with E-state index in [-0.39, 0.29) is 12.6 Å². The lowest BCUT2D eigenvalue weighted by atomic mass is 9.97. The van der Waals surface area contributed by atoms with Crippen molar-refractivity contribution in [1.82, 2.24) is 0 Å². The van der Waals surface area contributed by atoms with Gasteiger partial charge in [0.15, 0.2) is 6.29 Å². The second-order valence-electron chi connectivity index (χ2n) is 4.02. The third-order valence-electron chi connectivity index (χ3n) is 2.39. The average molecular weight is 220 g/mol. The van der Waals surface area contributed by atoms with E-state index in [1.54, 1.807) is 0 Å². The maximum atomic E-state index is 9.64. The number of hydrogen-bond acceptors (Lipinski definition) is 6. The molecule has 0 aromatic heterocycles. The van der Waals surface area contributed by atoms with Gasteiger partial charge in [0.2, 0.25) is 0 Å². The molecule has 2 unspecified atom stereocenters. The van der Waals surface area contributed by atoms with E-state index in [9.17, 15) is 10.2 Å². The zero-order valence-corrected chi connectivity index (χ0v) is 9.04. The molecule has 90 valence electrons. The fraction of sp³-hybridized carbons (Fsp3) is 1.00. The summed E-state index contributed by atoms with van der Waals surface area (Å²) in [6.45, 7) is 3.79. The molecule has 1 aliphatic heterocycles. The van der Waals surface area contributed by atoms with Gasteiger partial charge >= 0.3 is 0 Å². The molecule has 6 N–H and O–H groups in total. The van der Waals surface area contributed by atoms with Crippen LogP contribution in [0.1, 0.15) is 13.8 Å². The average Bonchev–Trinajstić information content (AvgIpc) is 2.18. The number of ether oxygens (including phenoxy) is 2. The first-order valence-corrected chi connectivity index (χ1v) is 5.10. The van der Waals surface area contributed by atoms with Crippen LogP contribution in [0, 0.1) is 0 Å². The normalized spacial score (nSPS) is 42.2. The van der Waals surface area contributed by atoms with Crippen LogP contribution in [-0.2, 0) is 9.47 Å². The van der Waals surface area contributed by atoms with E-state index in [1.165, 1.54) is 0 Å². The van der Waals surface area contributed by atoms with Crippen LogP contribution >= 0.6 is 0 Å². The lowest BCUT2D eigenvalue weighted by Crippen LogP contribution is -2.63. The summed E-state index contributed by atoms with van der Waals surface area (Å²) in [6.07, 6.45) is -3.56. The van der Waals surface area contributed by atoms with Gasteiger partial charge in [0.1, 0.15) is 18.3 Å². The Kier molecular flexibility index (Phi) is 4.45. The molecule has 0 amide bonds. The standard InChI is InChI=1S/C9H20N2O4/c1-4(2)14-9-6(11)8(13)7(12)5(3-10)15-9/h4-9,12-13H,3,10-11H2,1-2H3/t5-,6?,7+,8?,9-/m0/s1. The maximum absolute atomic E-state index is 9.64. The van der Waals surface area contributed by atoms with Crippen LogP contribution in [0.3, 0.4) is 0 Å². The van der Waals surface area contributed by atoms with Crippen molar-refractivity contribution < 1.29 is 19.7 Å². The zero-order chi connectivity index (χ0) is 11.6. The lowest BCUT2D eigenvalue weighted by Gasteiger charge is -2.41. The van der Waals surface area contributed by atoms with Gasteiger partial charge in [-0.25, -0.2) is 0 Å². The van der Waals surface area contributed by atoms with Gasteiger partial charge in [-0.1, -0.05) is 0 Å². The number of nitrogens with two attached hydrogens (primary N) is 2. The highest BCUT2D eigenvalue weighted by molar-refractivity contribution is 4.92. The van der Waals surface area contributed by atoms with Crippen LogP contribution in [0.15, 0.2) is 0 Å². The summed E-state index contributed by atoms with van der Waals surface area (Å²) in [5.74, 6) is 0. The molecule has 0 bridgehead atoms. The molecular weight excluding hydrogens is 200 g/mol. The largest absolute Gasteiger partial charge is 0.388 e. The second kappa shape index (κ2) is 5.20. The van der Waals surface area contributed by atoms with Crippen LogP contribution < -0.4 is 11.5 Å². The summed E-state index contributed by atoms with van der Waals surface area (Å²) in [4.78, 5) is 0. The molecular formula is C9H20N2O4. The summed E-state index contributed by atoms with van der Waals surface area (Å²) >= 11 is 0. The summed E-state index contributed by atoms with van der Waals surface area (Å²) < 4.78 is 10.7. The quantitative estimate of drug-likeness (QED) is 0.444. The van der Waals surface area contributed by atoms with Gasteiger partial charge in [-0.3, -0.25) is 0 Å². The molecule has 0 saturated carbocycles. The molecule has 5 atom stereocenters. The Hall–Kier alpha value is -0.240. The van der Waals surface area contributed by atoms with Crippen LogP contribution in [0.4, 0.5) is 0 Å². The van der Waals surface area contributed by atoms with E-state index in [0.717, 1.165) is 0 Å². The fourth-order valence-electron chi connectivity index (χ4n) is 1.54. The van der Waals surface area contributed by atoms with Crippen LogP contribution in [0.5, 0.6) is 0 Å². The van der Waals surface area contributed by atoms with Crippen molar-refractivity contribution in [3.63, 3.8) is 0 Å². The summed E-state index contributed by atoms with van der Waals surface area (Å²) in [7, 11) is 0. The summed E-state index contributed by atoms with van der Waals surface area (Å²) in [5.41, 5.74) is 11.1. The van der Waals surface area contributed by atoms with Crippen LogP contribution in [0.2, 0.25) is 0 Å². The third-order valence-corrected chi connectivity index (χ3v) is 2.39. The molecule has 0 aliphatic carbocycles. The van der Waals surface area contributed by atoms with Crippen molar-refractivity contribution in [1.29, 1.82) is 0 Å². The Balaban J connectivity index is 2.65. The van der Waals surface area contributed by atoms with Crippen LogP contribution in [0.25, 0.3) is 0 Å². The van der Waals surface area contributed by atoms with Gasteiger partial charge in [-0.05, 0) is 13.8 Å². The Morgan fingerprint density at radius 3 is 2.40 bits per heavy atom. The Bertz CT molecular complexity index is 201. The highest BCUT2D eigenvalue weighted by Crippen LogP contribution is 2.21. The van der Waals surface area contributed by atoms with Crippen molar-refractivity contribution in [3.05, 3.63) is 0 Å². The Morgan fingerprint density at radius 1 is 1.33 bits per heavy atom. The SMILES string of the molecule is CC(C)O[C@H]1O[C@@H](CN)[C@@H](O)C(O)C1N. The van der Waals surface area contributed by atoms with Crippen LogP contribution in [-0.4, -0.2) is 53.5 Å². The molecule has 0 aromatic rings. The Morgan fingerprint density at radius 2 is 1.93 bits per heavy atom. The van der Waals surface area contributed by atoms with Gasteiger partial charge < -0.3 is 31.2 Å². The van der Waals surface area contributed by atoms with E-state index in [1.807, 2.05) is 13.8 Å². The van der Waals surface area contributed by atoms with E-state index < -0.39 is 30.6 Å². The van der Waals surface area contributed by atoms with E-state index in [2.05, 4.69) is 0 Å². The minimum atomic E-state index is -1.07. The lowest BCUT2D eigenvalue weighted by molar-refractivity contribution is -0.266. The first-order chi connectivity index (χ1) is 6.97. The molecule has 1 heterocycles. The molecule has 1 fully saturated rings. The molecule has 6 heteroatoms. The van der Waals surface area contributed by atoms with E-state index in [4.69, 9.17) is 20.9 Å². The first-order valence-electron chi connectivity index (χ1n) is 5.10. The van der Waals surface area contributed by atoms with Crippen molar-refractivity contribution in [2.45, 2.75) is 50.6 Å².